The van der Waals surface area contributed by atoms with Gasteiger partial charge in [0.25, 0.3) is 0 Å². The zero-order valence-electron chi connectivity index (χ0n) is 9.16. The van der Waals surface area contributed by atoms with Gasteiger partial charge >= 0.3 is 5.97 Å². The van der Waals surface area contributed by atoms with Crippen LogP contribution in [-0.4, -0.2) is 12.1 Å². The van der Waals surface area contributed by atoms with E-state index in [1.807, 2.05) is 31.2 Å². The molecule has 3 heteroatoms. The fourth-order valence-electron chi connectivity index (χ4n) is 1.40. The smallest absolute Gasteiger partial charge is 0.302 e. The van der Waals surface area contributed by atoms with Gasteiger partial charge in [-0.2, -0.15) is 0 Å². The van der Waals surface area contributed by atoms with Crippen LogP contribution in [0.25, 0.3) is 0 Å². The molecule has 0 spiro atoms. The Morgan fingerprint density at radius 2 is 1.80 bits per heavy atom. The molecule has 15 heavy (non-hydrogen) atoms. The molecule has 1 aromatic carbocycles. The Morgan fingerprint density at radius 1 is 1.27 bits per heavy atom. The van der Waals surface area contributed by atoms with Crippen molar-refractivity contribution in [2.24, 2.45) is 0 Å². The summed E-state index contributed by atoms with van der Waals surface area (Å²) in [5, 5.41) is 0. The van der Waals surface area contributed by atoms with E-state index in [2.05, 4.69) is 22.9 Å². The van der Waals surface area contributed by atoms with E-state index >= 15 is 0 Å². The van der Waals surface area contributed by atoms with Crippen molar-refractivity contribution in [2.75, 3.05) is 0 Å². The molecule has 0 aliphatic rings. The van der Waals surface area contributed by atoms with Gasteiger partial charge in [0, 0.05) is 17.3 Å². The predicted octanol–water partition coefficient (Wildman–Crippen LogP) is 3.50. The molecular formula is C12H15BrO2. The maximum Gasteiger partial charge on any atom is 0.302 e. The molecule has 82 valence electrons. The van der Waals surface area contributed by atoms with Crippen molar-refractivity contribution in [1.82, 2.24) is 0 Å². The van der Waals surface area contributed by atoms with Gasteiger partial charge in [-0.25, -0.2) is 0 Å². The van der Waals surface area contributed by atoms with Crippen molar-refractivity contribution >= 4 is 21.9 Å². The van der Waals surface area contributed by atoms with Gasteiger partial charge in [0.15, 0.2) is 0 Å². The molecule has 0 fully saturated rings. The van der Waals surface area contributed by atoms with Crippen LogP contribution in [0.5, 0.6) is 0 Å². The summed E-state index contributed by atoms with van der Waals surface area (Å²) in [6.45, 7) is 5.40. The standard InChI is InChI=1S/C12H15BrO2/c1-8(9(2)15-10(3)14)11-4-6-12(13)7-5-11/h4-9H,1-3H3/t8-,9-/m1/s1. The third-order valence-corrected chi connectivity index (χ3v) is 2.98. The van der Waals surface area contributed by atoms with Gasteiger partial charge in [0.2, 0.25) is 0 Å². The lowest BCUT2D eigenvalue weighted by Gasteiger charge is -2.20. The van der Waals surface area contributed by atoms with E-state index in [9.17, 15) is 4.79 Å². The molecule has 0 radical (unpaired) electrons. The van der Waals surface area contributed by atoms with Gasteiger partial charge in [-0.3, -0.25) is 4.79 Å². The molecule has 1 rings (SSSR count). The zero-order chi connectivity index (χ0) is 11.4. The lowest BCUT2D eigenvalue weighted by molar-refractivity contribution is -0.146. The minimum absolute atomic E-state index is 0.0938. The number of ether oxygens (including phenoxy) is 1. The Hall–Kier alpha value is -0.830. The summed E-state index contributed by atoms with van der Waals surface area (Å²) in [4.78, 5) is 10.8. The molecule has 0 amide bonds. The first kappa shape index (κ1) is 12.2. The average Bonchev–Trinajstić information content (AvgIpc) is 2.17. The lowest BCUT2D eigenvalue weighted by atomic mass is 9.96. The highest BCUT2D eigenvalue weighted by Gasteiger charge is 2.16. The Labute approximate surface area is 98.8 Å². The first-order valence-corrected chi connectivity index (χ1v) is 5.72. The van der Waals surface area contributed by atoms with Crippen molar-refractivity contribution in [2.45, 2.75) is 32.8 Å². The molecule has 0 N–H and O–H groups in total. The van der Waals surface area contributed by atoms with Crippen LogP contribution in [0, 0.1) is 0 Å². The van der Waals surface area contributed by atoms with E-state index in [4.69, 9.17) is 4.74 Å². The van der Waals surface area contributed by atoms with E-state index in [0.29, 0.717) is 0 Å². The van der Waals surface area contributed by atoms with Crippen LogP contribution in [0.2, 0.25) is 0 Å². The number of halogens is 1. The van der Waals surface area contributed by atoms with Crippen LogP contribution in [0.4, 0.5) is 0 Å². The molecule has 0 heterocycles. The van der Waals surface area contributed by atoms with Crippen LogP contribution < -0.4 is 0 Å². The highest BCUT2D eigenvalue weighted by Crippen LogP contribution is 2.23. The summed E-state index contributed by atoms with van der Waals surface area (Å²) < 4.78 is 6.20. The first-order valence-electron chi connectivity index (χ1n) is 4.93. The van der Waals surface area contributed by atoms with E-state index in [1.54, 1.807) is 0 Å². The Bertz CT molecular complexity index is 332. The number of carbonyl (C=O) groups excluding carboxylic acids is 1. The summed E-state index contributed by atoms with van der Waals surface area (Å²) >= 11 is 3.39. The second-order valence-corrected chi connectivity index (χ2v) is 4.57. The number of carbonyl (C=O) groups is 1. The predicted molar refractivity (Wildman–Crippen MR) is 63.8 cm³/mol. The lowest BCUT2D eigenvalue weighted by Crippen LogP contribution is -2.19. The van der Waals surface area contributed by atoms with E-state index in [-0.39, 0.29) is 18.0 Å². The second-order valence-electron chi connectivity index (χ2n) is 3.65. The molecule has 0 aliphatic heterocycles. The molecule has 0 aliphatic carbocycles. The highest BCUT2D eigenvalue weighted by molar-refractivity contribution is 9.10. The molecule has 0 unspecified atom stereocenters. The van der Waals surface area contributed by atoms with Crippen molar-refractivity contribution in [3.8, 4) is 0 Å². The van der Waals surface area contributed by atoms with Gasteiger partial charge in [0.1, 0.15) is 6.10 Å². The van der Waals surface area contributed by atoms with Crippen LogP contribution in [0.15, 0.2) is 28.7 Å². The number of rotatable bonds is 3. The Morgan fingerprint density at radius 3 is 2.27 bits per heavy atom. The van der Waals surface area contributed by atoms with Crippen LogP contribution in [0.1, 0.15) is 32.3 Å². The summed E-state index contributed by atoms with van der Waals surface area (Å²) in [6.07, 6.45) is -0.0938. The molecule has 2 nitrogen and oxygen atoms in total. The number of hydrogen-bond donors (Lipinski definition) is 0. The maximum atomic E-state index is 10.8. The van der Waals surface area contributed by atoms with E-state index < -0.39 is 0 Å². The molecule has 0 bridgehead atoms. The highest BCUT2D eigenvalue weighted by atomic mass is 79.9. The van der Waals surface area contributed by atoms with Gasteiger partial charge in [-0.05, 0) is 24.6 Å². The molecule has 0 aromatic heterocycles. The summed E-state index contributed by atoms with van der Waals surface area (Å²) in [7, 11) is 0. The minimum Gasteiger partial charge on any atom is -0.462 e. The molecule has 0 saturated carbocycles. The van der Waals surface area contributed by atoms with E-state index in [0.717, 1.165) is 4.47 Å². The van der Waals surface area contributed by atoms with Gasteiger partial charge < -0.3 is 4.74 Å². The van der Waals surface area contributed by atoms with Crippen LogP contribution >= 0.6 is 15.9 Å². The number of benzene rings is 1. The summed E-state index contributed by atoms with van der Waals surface area (Å²) in [6, 6.07) is 8.06. The monoisotopic (exact) mass is 270 g/mol. The van der Waals surface area contributed by atoms with Crippen LogP contribution in [-0.2, 0) is 9.53 Å². The van der Waals surface area contributed by atoms with Gasteiger partial charge in [0.05, 0.1) is 0 Å². The third-order valence-electron chi connectivity index (χ3n) is 2.45. The molecule has 0 saturated heterocycles. The minimum atomic E-state index is -0.230. The quantitative estimate of drug-likeness (QED) is 0.786. The Kier molecular flexibility index (Phi) is 4.33. The maximum absolute atomic E-state index is 10.8. The number of hydrogen-bond acceptors (Lipinski definition) is 2. The van der Waals surface area contributed by atoms with Gasteiger partial charge in [-0.1, -0.05) is 35.0 Å². The zero-order valence-corrected chi connectivity index (χ0v) is 10.7. The fraction of sp³-hybridized carbons (Fsp3) is 0.417. The van der Waals surface area contributed by atoms with Crippen molar-refractivity contribution in [3.05, 3.63) is 34.3 Å². The average molecular weight is 271 g/mol. The van der Waals surface area contributed by atoms with Gasteiger partial charge in [-0.15, -0.1) is 0 Å². The summed E-state index contributed by atoms with van der Waals surface area (Å²) in [5.74, 6) is -0.0199. The topological polar surface area (TPSA) is 26.3 Å². The van der Waals surface area contributed by atoms with Crippen molar-refractivity contribution in [3.63, 3.8) is 0 Å². The van der Waals surface area contributed by atoms with Crippen molar-refractivity contribution in [1.29, 1.82) is 0 Å². The molecule has 1 aromatic rings. The normalized spacial score (nSPS) is 14.4. The molecular weight excluding hydrogens is 256 g/mol. The summed E-state index contributed by atoms with van der Waals surface area (Å²) in [5.41, 5.74) is 1.17. The second kappa shape index (κ2) is 5.31. The third kappa shape index (κ3) is 3.67. The molecule has 2 atom stereocenters. The largest absolute Gasteiger partial charge is 0.462 e. The van der Waals surface area contributed by atoms with Crippen molar-refractivity contribution < 1.29 is 9.53 Å². The number of esters is 1. The Balaban J connectivity index is 2.71. The fourth-order valence-corrected chi connectivity index (χ4v) is 1.67. The van der Waals surface area contributed by atoms with E-state index in [1.165, 1.54) is 12.5 Å². The van der Waals surface area contributed by atoms with Crippen LogP contribution in [0.3, 0.4) is 0 Å². The first-order chi connectivity index (χ1) is 7.00. The SMILES string of the molecule is CC(=O)O[C@H](C)[C@@H](C)c1ccc(Br)cc1.